The van der Waals surface area contributed by atoms with Gasteiger partial charge in [0, 0.05) is 12.6 Å². The molecule has 8 heteroatoms. The SMILES string of the molecule is N[C@H](CCO)c1ccc(C(F)(F)F)c(C(F)(F)F)c1. The summed E-state index contributed by atoms with van der Waals surface area (Å²) in [6.45, 7) is -0.371. The minimum Gasteiger partial charge on any atom is -0.396 e. The summed E-state index contributed by atoms with van der Waals surface area (Å²) in [7, 11) is 0. The second-order valence-corrected chi connectivity index (χ2v) is 3.92. The summed E-state index contributed by atoms with van der Waals surface area (Å²) in [6, 6.07) is 0.671. The number of hydrogen-bond donors (Lipinski definition) is 2. The first-order chi connectivity index (χ1) is 8.57. The van der Waals surface area contributed by atoms with E-state index in [9.17, 15) is 26.3 Å². The van der Waals surface area contributed by atoms with E-state index >= 15 is 0 Å². The molecular formula is C11H11F6NO. The van der Waals surface area contributed by atoms with Crippen molar-refractivity contribution in [1.82, 2.24) is 0 Å². The average molecular weight is 287 g/mol. The quantitative estimate of drug-likeness (QED) is 0.839. The molecule has 0 unspecified atom stereocenters. The third-order valence-electron chi connectivity index (χ3n) is 2.52. The fourth-order valence-corrected chi connectivity index (χ4v) is 1.58. The van der Waals surface area contributed by atoms with E-state index in [-0.39, 0.29) is 18.6 Å². The molecule has 0 radical (unpaired) electrons. The monoisotopic (exact) mass is 287 g/mol. The van der Waals surface area contributed by atoms with Gasteiger partial charge in [-0.25, -0.2) is 0 Å². The standard InChI is InChI=1S/C11H11F6NO/c12-10(13,14)7-2-1-6(9(18)3-4-19)5-8(7)11(15,16)17/h1-2,5,9,19H,3-4,18H2/t9-/m1/s1. The fourth-order valence-electron chi connectivity index (χ4n) is 1.58. The number of benzene rings is 1. The van der Waals surface area contributed by atoms with E-state index < -0.39 is 29.5 Å². The zero-order valence-corrected chi connectivity index (χ0v) is 9.52. The maximum Gasteiger partial charge on any atom is 0.417 e. The van der Waals surface area contributed by atoms with Crippen molar-refractivity contribution in [3.05, 3.63) is 34.9 Å². The average Bonchev–Trinajstić information content (AvgIpc) is 2.26. The van der Waals surface area contributed by atoms with Gasteiger partial charge in [0.25, 0.3) is 0 Å². The predicted octanol–water partition coefficient (Wildman–Crippen LogP) is 3.11. The number of hydrogen-bond acceptors (Lipinski definition) is 2. The van der Waals surface area contributed by atoms with Crippen LogP contribution < -0.4 is 5.73 Å². The van der Waals surface area contributed by atoms with Crippen molar-refractivity contribution in [2.75, 3.05) is 6.61 Å². The van der Waals surface area contributed by atoms with Crippen LogP contribution in [0.4, 0.5) is 26.3 Å². The first kappa shape index (κ1) is 15.8. The van der Waals surface area contributed by atoms with Crippen LogP contribution in [0.25, 0.3) is 0 Å². The van der Waals surface area contributed by atoms with Crippen LogP contribution >= 0.6 is 0 Å². The van der Waals surface area contributed by atoms with Gasteiger partial charge in [-0.2, -0.15) is 26.3 Å². The Balaban J connectivity index is 3.32. The lowest BCUT2D eigenvalue weighted by Crippen LogP contribution is -2.19. The van der Waals surface area contributed by atoms with Crippen molar-refractivity contribution in [2.45, 2.75) is 24.8 Å². The molecule has 108 valence electrons. The van der Waals surface area contributed by atoms with E-state index in [1.807, 2.05) is 0 Å². The highest BCUT2D eigenvalue weighted by Gasteiger charge is 2.43. The van der Waals surface area contributed by atoms with Crippen molar-refractivity contribution in [2.24, 2.45) is 5.73 Å². The van der Waals surface area contributed by atoms with Gasteiger partial charge in [0.1, 0.15) is 0 Å². The first-order valence-corrected chi connectivity index (χ1v) is 5.22. The van der Waals surface area contributed by atoms with Gasteiger partial charge in [-0.15, -0.1) is 0 Å². The van der Waals surface area contributed by atoms with Crippen LogP contribution in [-0.4, -0.2) is 11.7 Å². The van der Waals surface area contributed by atoms with Crippen LogP contribution in [0, 0.1) is 0 Å². The maximum absolute atomic E-state index is 12.6. The largest absolute Gasteiger partial charge is 0.417 e. The summed E-state index contributed by atoms with van der Waals surface area (Å²) in [6.07, 6.45) is -10.3. The topological polar surface area (TPSA) is 46.2 Å². The number of nitrogens with two attached hydrogens (primary N) is 1. The maximum atomic E-state index is 12.6. The van der Waals surface area contributed by atoms with Gasteiger partial charge >= 0.3 is 12.4 Å². The van der Waals surface area contributed by atoms with E-state index in [2.05, 4.69) is 0 Å². The number of aliphatic hydroxyl groups excluding tert-OH is 1. The van der Waals surface area contributed by atoms with Gasteiger partial charge in [-0.3, -0.25) is 0 Å². The van der Waals surface area contributed by atoms with E-state index in [1.165, 1.54) is 0 Å². The van der Waals surface area contributed by atoms with E-state index in [0.717, 1.165) is 6.07 Å². The molecule has 3 N–H and O–H groups in total. The van der Waals surface area contributed by atoms with E-state index in [4.69, 9.17) is 10.8 Å². The van der Waals surface area contributed by atoms with Gasteiger partial charge in [-0.1, -0.05) is 6.07 Å². The molecule has 1 rings (SSSR count). The van der Waals surface area contributed by atoms with Crippen LogP contribution in [0.15, 0.2) is 18.2 Å². The van der Waals surface area contributed by atoms with Gasteiger partial charge in [0.05, 0.1) is 11.1 Å². The molecule has 1 atom stereocenters. The Kier molecular flexibility index (Phi) is 4.46. The highest BCUT2D eigenvalue weighted by Crippen LogP contribution is 2.41. The number of halogens is 6. The third-order valence-corrected chi connectivity index (χ3v) is 2.52. The normalized spacial score (nSPS) is 14.5. The van der Waals surface area contributed by atoms with Crippen molar-refractivity contribution >= 4 is 0 Å². The van der Waals surface area contributed by atoms with Crippen molar-refractivity contribution in [1.29, 1.82) is 0 Å². The molecule has 0 aliphatic heterocycles. The molecule has 1 aromatic rings. The Morgan fingerprint density at radius 3 is 1.95 bits per heavy atom. The van der Waals surface area contributed by atoms with Gasteiger partial charge in [0.2, 0.25) is 0 Å². The van der Waals surface area contributed by atoms with Crippen LogP contribution in [-0.2, 0) is 12.4 Å². The second kappa shape index (κ2) is 5.38. The summed E-state index contributed by atoms with van der Waals surface area (Å²) < 4.78 is 75.3. The Morgan fingerprint density at radius 2 is 1.53 bits per heavy atom. The molecule has 0 aromatic heterocycles. The fraction of sp³-hybridized carbons (Fsp3) is 0.455. The lowest BCUT2D eigenvalue weighted by molar-refractivity contribution is -0.162. The zero-order chi connectivity index (χ0) is 14.8. The van der Waals surface area contributed by atoms with E-state index in [0.29, 0.717) is 12.1 Å². The zero-order valence-electron chi connectivity index (χ0n) is 9.52. The molecule has 1 aromatic carbocycles. The van der Waals surface area contributed by atoms with Gasteiger partial charge in [0.15, 0.2) is 0 Å². The predicted molar refractivity (Wildman–Crippen MR) is 55.1 cm³/mol. The Labute approximate surface area is 104 Å². The third kappa shape index (κ3) is 3.84. The molecule has 0 fully saturated rings. The minimum atomic E-state index is -5.13. The number of rotatable bonds is 3. The molecule has 0 aliphatic rings. The Bertz CT molecular complexity index is 440. The lowest BCUT2D eigenvalue weighted by atomic mass is 9.98. The summed E-state index contributed by atoms with van der Waals surface area (Å²) in [5, 5.41) is 8.63. The molecule has 0 spiro atoms. The number of alkyl halides is 6. The Morgan fingerprint density at radius 1 is 1.00 bits per heavy atom. The van der Waals surface area contributed by atoms with Crippen LogP contribution in [0.3, 0.4) is 0 Å². The summed E-state index contributed by atoms with van der Waals surface area (Å²) in [4.78, 5) is 0. The minimum absolute atomic E-state index is 0.0390. The first-order valence-electron chi connectivity index (χ1n) is 5.22. The van der Waals surface area contributed by atoms with Crippen molar-refractivity contribution < 1.29 is 31.4 Å². The van der Waals surface area contributed by atoms with Crippen molar-refractivity contribution in [3.63, 3.8) is 0 Å². The highest BCUT2D eigenvalue weighted by molar-refractivity contribution is 5.37. The molecule has 0 amide bonds. The summed E-state index contributed by atoms with van der Waals surface area (Å²) in [5.74, 6) is 0. The van der Waals surface area contributed by atoms with Crippen LogP contribution in [0.2, 0.25) is 0 Å². The summed E-state index contributed by atoms with van der Waals surface area (Å²) in [5.41, 5.74) is 1.84. The molecule has 0 aliphatic carbocycles. The molecule has 2 nitrogen and oxygen atoms in total. The smallest absolute Gasteiger partial charge is 0.396 e. The van der Waals surface area contributed by atoms with E-state index in [1.54, 1.807) is 0 Å². The van der Waals surface area contributed by atoms with Gasteiger partial charge < -0.3 is 10.8 Å². The van der Waals surface area contributed by atoms with Crippen LogP contribution in [0.1, 0.15) is 29.2 Å². The molecular weight excluding hydrogens is 276 g/mol. The molecule has 0 heterocycles. The molecule has 0 bridgehead atoms. The van der Waals surface area contributed by atoms with Crippen LogP contribution in [0.5, 0.6) is 0 Å². The molecule has 0 saturated carbocycles. The molecule has 19 heavy (non-hydrogen) atoms. The Hall–Kier alpha value is -1.28. The highest BCUT2D eigenvalue weighted by atomic mass is 19.4. The summed E-state index contributed by atoms with van der Waals surface area (Å²) >= 11 is 0. The molecule has 0 saturated heterocycles. The van der Waals surface area contributed by atoms with Crippen molar-refractivity contribution in [3.8, 4) is 0 Å². The van der Waals surface area contributed by atoms with Gasteiger partial charge in [-0.05, 0) is 24.1 Å². The lowest BCUT2D eigenvalue weighted by Gasteiger charge is -2.18. The number of aliphatic hydroxyl groups is 1. The second-order valence-electron chi connectivity index (χ2n) is 3.92.